The highest BCUT2D eigenvalue weighted by Gasteiger charge is 2.23. The van der Waals surface area contributed by atoms with E-state index in [2.05, 4.69) is 0 Å². The topological polar surface area (TPSA) is 61.6 Å². The zero-order valence-corrected chi connectivity index (χ0v) is 9.62. The standard InChI is InChI=1S/C12H13F2NO3/c13-12(14)8-6-11-10(17-3-4-18-11)5-7(8)9(16)1-2-15/h5-6,12H,1-4,15H2. The summed E-state index contributed by atoms with van der Waals surface area (Å²) in [5.41, 5.74) is 4.89. The number of Topliss-reactive ketones (excluding diaryl/α,β-unsaturated/α-hetero) is 1. The zero-order valence-electron chi connectivity index (χ0n) is 9.62. The van der Waals surface area contributed by atoms with E-state index in [-0.39, 0.29) is 29.8 Å². The van der Waals surface area contributed by atoms with E-state index in [1.165, 1.54) is 12.1 Å². The summed E-state index contributed by atoms with van der Waals surface area (Å²) in [6.45, 7) is 0.771. The Hall–Kier alpha value is -1.69. The Morgan fingerprint density at radius 3 is 2.44 bits per heavy atom. The maximum atomic E-state index is 12.9. The van der Waals surface area contributed by atoms with Crippen LogP contribution in [0.1, 0.15) is 28.8 Å². The number of benzene rings is 1. The van der Waals surface area contributed by atoms with Crippen molar-refractivity contribution in [3.63, 3.8) is 0 Å². The van der Waals surface area contributed by atoms with Crippen LogP contribution in [0.2, 0.25) is 0 Å². The number of hydrogen-bond acceptors (Lipinski definition) is 4. The molecule has 0 atom stereocenters. The average molecular weight is 257 g/mol. The molecule has 0 bridgehead atoms. The summed E-state index contributed by atoms with van der Waals surface area (Å²) in [6, 6.07) is 2.48. The van der Waals surface area contributed by atoms with Crippen LogP contribution in [-0.2, 0) is 0 Å². The molecule has 0 aliphatic carbocycles. The van der Waals surface area contributed by atoms with Crippen LogP contribution in [0.25, 0.3) is 0 Å². The summed E-state index contributed by atoms with van der Waals surface area (Å²) in [6.07, 6.45) is -2.71. The monoisotopic (exact) mass is 257 g/mol. The number of ether oxygens (including phenoxy) is 2. The second kappa shape index (κ2) is 5.30. The summed E-state index contributed by atoms with van der Waals surface area (Å²) in [5, 5.41) is 0. The van der Waals surface area contributed by atoms with Gasteiger partial charge in [0.1, 0.15) is 13.2 Å². The largest absolute Gasteiger partial charge is 0.486 e. The predicted molar refractivity (Wildman–Crippen MR) is 60.4 cm³/mol. The minimum absolute atomic E-state index is 0.0271. The van der Waals surface area contributed by atoms with Crippen molar-refractivity contribution in [2.45, 2.75) is 12.8 Å². The number of carbonyl (C=O) groups excluding carboxylic acids is 1. The number of nitrogens with two attached hydrogens (primary N) is 1. The molecule has 1 aromatic carbocycles. The average Bonchev–Trinajstić information content (AvgIpc) is 2.37. The molecule has 1 aliphatic heterocycles. The fourth-order valence-electron chi connectivity index (χ4n) is 1.79. The third kappa shape index (κ3) is 2.43. The summed E-state index contributed by atoms with van der Waals surface area (Å²) < 4.78 is 36.3. The SMILES string of the molecule is NCCC(=O)c1cc2c(cc1C(F)F)OCCO2. The van der Waals surface area contributed by atoms with Gasteiger partial charge in [-0.25, -0.2) is 8.78 Å². The lowest BCUT2D eigenvalue weighted by atomic mass is 10.0. The van der Waals surface area contributed by atoms with Crippen molar-refractivity contribution in [1.29, 1.82) is 0 Å². The van der Waals surface area contributed by atoms with Gasteiger partial charge in [-0.1, -0.05) is 0 Å². The minimum atomic E-state index is -2.74. The minimum Gasteiger partial charge on any atom is -0.486 e. The highest BCUT2D eigenvalue weighted by molar-refractivity contribution is 5.98. The zero-order chi connectivity index (χ0) is 13.1. The third-order valence-corrected chi connectivity index (χ3v) is 2.62. The van der Waals surface area contributed by atoms with E-state index >= 15 is 0 Å². The van der Waals surface area contributed by atoms with Gasteiger partial charge < -0.3 is 15.2 Å². The number of carbonyl (C=O) groups is 1. The van der Waals surface area contributed by atoms with Gasteiger partial charge in [0.15, 0.2) is 17.3 Å². The van der Waals surface area contributed by atoms with E-state index in [9.17, 15) is 13.6 Å². The van der Waals surface area contributed by atoms with Crippen molar-refractivity contribution in [3.8, 4) is 11.5 Å². The molecule has 98 valence electrons. The summed E-state index contributed by atoms with van der Waals surface area (Å²) >= 11 is 0. The van der Waals surface area contributed by atoms with Crippen molar-refractivity contribution < 1.29 is 23.0 Å². The van der Waals surface area contributed by atoms with Gasteiger partial charge in [0, 0.05) is 17.5 Å². The quantitative estimate of drug-likeness (QED) is 0.837. The van der Waals surface area contributed by atoms with Crippen molar-refractivity contribution in [1.82, 2.24) is 0 Å². The first-order valence-electron chi connectivity index (χ1n) is 5.58. The van der Waals surface area contributed by atoms with Crippen LogP contribution in [-0.4, -0.2) is 25.5 Å². The molecule has 2 rings (SSSR count). The molecular formula is C12H13F2NO3. The highest BCUT2D eigenvalue weighted by Crippen LogP contribution is 2.37. The molecule has 1 aromatic rings. The number of alkyl halides is 2. The molecule has 0 radical (unpaired) electrons. The smallest absolute Gasteiger partial charge is 0.264 e. The van der Waals surface area contributed by atoms with Gasteiger partial charge >= 0.3 is 0 Å². The van der Waals surface area contributed by atoms with E-state index in [0.29, 0.717) is 19.0 Å². The first-order valence-corrected chi connectivity index (χ1v) is 5.58. The number of fused-ring (bicyclic) bond motifs is 1. The third-order valence-electron chi connectivity index (χ3n) is 2.62. The van der Waals surface area contributed by atoms with Gasteiger partial charge in [-0.2, -0.15) is 0 Å². The Bertz CT molecular complexity index is 463. The molecule has 0 unspecified atom stereocenters. The van der Waals surface area contributed by atoms with Gasteiger partial charge in [0.2, 0.25) is 0 Å². The molecular weight excluding hydrogens is 244 g/mol. The Morgan fingerprint density at radius 1 is 1.28 bits per heavy atom. The fraction of sp³-hybridized carbons (Fsp3) is 0.417. The second-order valence-electron chi connectivity index (χ2n) is 3.85. The maximum Gasteiger partial charge on any atom is 0.264 e. The van der Waals surface area contributed by atoms with Crippen LogP contribution < -0.4 is 15.2 Å². The lowest BCUT2D eigenvalue weighted by Gasteiger charge is -2.20. The van der Waals surface area contributed by atoms with Crippen molar-refractivity contribution in [2.24, 2.45) is 5.73 Å². The summed E-state index contributed by atoms with van der Waals surface area (Å²) in [7, 11) is 0. The first-order chi connectivity index (χ1) is 8.63. The van der Waals surface area contributed by atoms with Gasteiger partial charge in [0.05, 0.1) is 0 Å². The lowest BCUT2D eigenvalue weighted by molar-refractivity contribution is 0.0968. The Balaban J connectivity index is 2.45. The Labute approximate surface area is 103 Å². The van der Waals surface area contributed by atoms with Crippen LogP contribution in [0.15, 0.2) is 12.1 Å². The van der Waals surface area contributed by atoms with E-state index < -0.39 is 12.2 Å². The molecule has 1 aliphatic rings. The van der Waals surface area contributed by atoms with E-state index in [1.807, 2.05) is 0 Å². The molecule has 0 amide bonds. The van der Waals surface area contributed by atoms with Crippen LogP contribution >= 0.6 is 0 Å². The van der Waals surface area contributed by atoms with Gasteiger partial charge in [-0.3, -0.25) is 4.79 Å². The van der Waals surface area contributed by atoms with Gasteiger partial charge in [-0.15, -0.1) is 0 Å². The van der Waals surface area contributed by atoms with E-state index in [1.54, 1.807) is 0 Å². The van der Waals surface area contributed by atoms with Crippen LogP contribution in [0, 0.1) is 0 Å². The van der Waals surface area contributed by atoms with Crippen LogP contribution in [0.4, 0.5) is 8.78 Å². The van der Waals surface area contributed by atoms with Gasteiger partial charge in [0.25, 0.3) is 6.43 Å². The van der Waals surface area contributed by atoms with E-state index in [4.69, 9.17) is 15.2 Å². The molecule has 0 aromatic heterocycles. The van der Waals surface area contributed by atoms with Gasteiger partial charge in [-0.05, 0) is 18.7 Å². The molecule has 0 spiro atoms. The molecule has 1 heterocycles. The maximum absolute atomic E-state index is 12.9. The number of ketones is 1. The van der Waals surface area contributed by atoms with Crippen molar-refractivity contribution >= 4 is 5.78 Å². The van der Waals surface area contributed by atoms with Crippen LogP contribution in [0.3, 0.4) is 0 Å². The normalized spacial score (nSPS) is 13.8. The number of halogens is 2. The number of rotatable bonds is 4. The predicted octanol–water partition coefficient (Wildman–Crippen LogP) is 1.93. The van der Waals surface area contributed by atoms with Crippen molar-refractivity contribution in [2.75, 3.05) is 19.8 Å². The molecule has 0 fully saturated rings. The summed E-state index contributed by atoms with van der Waals surface area (Å²) in [4.78, 5) is 11.7. The molecule has 6 heteroatoms. The van der Waals surface area contributed by atoms with Crippen LogP contribution in [0.5, 0.6) is 11.5 Å². The number of hydrogen-bond donors (Lipinski definition) is 1. The highest BCUT2D eigenvalue weighted by atomic mass is 19.3. The lowest BCUT2D eigenvalue weighted by Crippen LogP contribution is -2.17. The molecule has 2 N–H and O–H groups in total. The molecule has 0 saturated heterocycles. The van der Waals surface area contributed by atoms with E-state index in [0.717, 1.165) is 0 Å². The second-order valence-corrected chi connectivity index (χ2v) is 3.85. The Morgan fingerprint density at radius 2 is 1.89 bits per heavy atom. The van der Waals surface area contributed by atoms with Crippen molar-refractivity contribution in [3.05, 3.63) is 23.3 Å². The Kier molecular flexibility index (Phi) is 3.76. The molecule has 4 nitrogen and oxygen atoms in total. The molecule has 18 heavy (non-hydrogen) atoms. The fourth-order valence-corrected chi connectivity index (χ4v) is 1.79. The first kappa shape index (κ1) is 12.8. The summed E-state index contributed by atoms with van der Waals surface area (Å²) in [5.74, 6) is 0.164. The molecule has 0 saturated carbocycles.